The SMILES string of the molecule is CC(C)OC1CCN(C(=O)CC(C)(C)C)CC1. The Bertz CT molecular complexity index is 247. The van der Waals surface area contributed by atoms with Gasteiger partial charge < -0.3 is 9.64 Å². The molecule has 1 saturated heterocycles. The molecule has 0 aliphatic carbocycles. The van der Waals surface area contributed by atoms with Gasteiger partial charge in [-0.3, -0.25) is 4.79 Å². The minimum absolute atomic E-state index is 0.0857. The molecule has 17 heavy (non-hydrogen) atoms. The first-order valence-corrected chi connectivity index (χ1v) is 6.71. The normalized spacial score (nSPS) is 18.8. The van der Waals surface area contributed by atoms with Crippen LogP contribution in [-0.2, 0) is 9.53 Å². The van der Waals surface area contributed by atoms with Gasteiger partial charge in [-0.1, -0.05) is 20.8 Å². The van der Waals surface area contributed by atoms with E-state index < -0.39 is 0 Å². The summed E-state index contributed by atoms with van der Waals surface area (Å²) >= 11 is 0. The molecule has 1 heterocycles. The van der Waals surface area contributed by atoms with E-state index >= 15 is 0 Å². The van der Waals surface area contributed by atoms with Crippen molar-refractivity contribution in [3.8, 4) is 0 Å². The van der Waals surface area contributed by atoms with Gasteiger partial charge in [-0.2, -0.15) is 0 Å². The number of amides is 1. The molecule has 3 heteroatoms. The summed E-state index contributed by atoms with van der Waals surface area (Å²) in [4.78, 5) is 14.0. The zero-order valence-corrected chi connectivity index (χ0v) is 12.0. The lowest BCUT2D eigenvalue weighted by atomic mass is 9.91. The van der Waals surface area contributed by atoms with Crippen LogP contribution in [0.3, 0.4) is 0 Å². The first-order valence-electron chi connectivity index (χ1n) is 6.71. The van der Waals surface area contributed by atoms with Crippen molar-refractivity contribution in [2.75, 3.05) is 13.1 Å². The fourth-order valence-corrected chi connectivity index (χ4v) is 2.19. The first-order chi connectivity index (χ1) is 7.78. The Hall–Kier alpha value is -0.570. The summed E-state index contributed by atoms with van der Waals surface area (Å²) in [5.74, 6) is 0.292. The Morgan fingerprint density at radius 3 is 2.24 bits per heavy atom. The Morgan fingerprint density at radius 2 is 1.82 bits per heavy atom. The number of carbonyl (C=O) groups is 1. The van der Waals surface area contributed by atoms with Crippen LogP contribution in [0.1, 0.15) is 53.9 Å². The fourth-order valence-electron chi connectivity index (χ4n) is 2.19. The van der Waals surface area contributed by atoms with Gasteiger partial charge in [0.05, 0.1) is 12.2 Å². The lowest BCUT2D eigenvalue weighted by molar-refractivity contribution is -0.136. The van der Waals surface area contributed by atoms with E-state index in [4.69, 9.17) is 4.74 Å². The van der Waals surface area contributed by atoms with E-state index in [9.17, 15) is 4.79 Å². The summed E-state index contributed by atoms with van der Waals surface area (Å²) in [6.45, 7) is 12.2. The molecule has 1 rings (SSSR count). The summed E-state index contributed by atoms with van der Waals surface area (Å²) in [6, 6.07) is 0. The molecule has 0 saturated carbocycles. The molecule has 0 N–H and O–H groups in total. The maximum absolute atomic E-state index is 12.0. The molecule has 1 amide bonds. The minimum Gasteiger partial charge on any atom is -0.375 e. The van der Waals surface area contributed by atoms with Gasteiger partial charge in [0, 0.05) is 19.5 Å². The third-order valence-electron chi connectivity index (χ3n) is 2.94. The highest BCUT2D eigenvalue weighted by Crippen LogP contribution is 2.22. The van der Waals surface area contributed by atoms with Gasteiger partial charge >= 0.3 is 0 Å². The van der Waals surface area contributed by atoms with Crippen LogP contribution in [0.4, 0.5) is 0 Å². The second-order valence-electron chi connectivity index (χ2n) is 6.50. The average molecular weight is 241 g/mol. The molecule has 3 nitrogen and oxygen atoms in total. The molecule has 1 aliphatic heterocycles. The van der Waals surface area contributed by atoms with Gasteiger partial charge in [0.1, 0.15) is 0 Å². The Labute approximate surface area is 106 Å². The van der Waals surface area contributed by atoms with Crippen LogP contribution in [0.25, 0.3) is 0 Å². The van der Waals surface area contributed by atoms with Crippen LogP contribution < -0.4 is 0 Å². The van der Waals surface area contributed by atoms with Crippen LogP contribution in [0.5, 0.6) is 0 Å². The molecule has 0 aromatic rings. The molecule has 0 radical (unpaired) electrons. The molecular formula is C14H27NO2. The minimum atomic E-state index is 0.0857. The molecule has 0 aromatic heterocycles. The second kappa shape index (κ2) is 5.85. The predicted molar refractivity (Wildman–Crippen MR) is 69.9 cm³/mol. The van der Waals surface area contributed by atoms with Gasteiger partial charge in [0.15, 0.2) is 0 Å². The second-order valence-corrected chi connectivity index (χ2v) is 6.50. The highest BCUT2D eigenvalue weighted by molar-refractivity contribution is 5.76. The largest absolute Gasteiger partial charge is 0.375 e. The summed E-state index contributed by atoms with van der Waals surface area (Å²) in [5, 5.41) is 0. The smallest absolute Gasteiger partial charge is 0.223 e. The zero-order valence-electron chi connectivity index (χ0n) is 12.0. The Balaban J connectivity index is 2.34. The molecular weight excluding hydrogens is 214 g/mol. The number of carbonyl (C=O) groups excluding carboxylic acids is 1. The highest BCUT2D eigenvalue weighted by Gasteiger charge is 2.26. The number of ether oxygens (including phenoxy) is 1. The topological polar surface area (TPSA) is 29.5 Å². The zero-order chi connectivity index (χ0) is 13.1. The first kappa shape index (κ1) is 14.5. The van der Waals surface area contributed by atoms with Crippen LogP contribution in [0, 0.1) is 5.41 Å². The van der Waals surface area contributed by atoms with Gasteiger partial charge in [-0.25, -0.2) is 0 Å². The van der Waals surface area contributed by atoms with Crippen LogP contribution >= 0.6 is 0 Å². The van der Waals surface area contributed by atoms with Crippen molar-refractivity contribution in [3.05, 3.63) is 0 Å². The van der Waals surface area contributed by atoms with Crippen molar-refractivity contribution in [1.82, 2.24) is 4.90 Å². The molecule has 0 atom stereocenters. The number of rotatable bonds is 3. The van der Waals surface area contributed by atoms with E-state index in [0.717, 1.165) is 25.9 Å². The van der Waals surface area contributed by atoms with E-state index in [0.29, 0.717) is 18.4 Å². The Morgan fingerprint density at radius 1 is 1.29 bits per heavy atom. The molecule has 0 spiro atoms. The van der Waals surface area contributed by atoms with Crippen molar-refractivity contribution >= 4 is 5.91 Å². The van der Waals surface area contributed by atoms with E-state index in [2.05, 4.69) is 34.6 Å². The Kier molecular flexibility index (Phi) is 4.99. The summed E-state index contributed by atoms with van der Waals surface area (Å²) < 4.78 is 5.78. The number of likely N-dealkylation sites (tertiary alicyclic amines) is 1. The van der Waals surface area contributed by atoms with Crippen LogP contribution in [0.15, 0.2) is 0 Å². The summed E-state index contributed by atoms with van der Waals surface area (Å²) in [6.07, 6.45) is 3.23. The third-order valence-corrected chi connectivity index (χ3v) is 2.94. The van der Waals surface area contributed by atoms with E-state index in [1.54, 1.807) is 0 Å². The van der Waals surface area contributed by atoms with Crippen molar-refractivity contribution in [2.24, 2.45) is 5.41 Å². The van der Waals surface area contributed by atoms with Crippen molar-refractivity contribution in [1.29, 1.82) is 0 Å². The molecule has 0 bridgehead atoms. The van der Waals surface area contributed by atoms with Gasteiger partial charge in [0.25, 0.3) is 0 Å². The monoisotopic (exact) mass is 241 g/mol. The maximum Gasteiger partial charge on any atom is 0.223 e. The maximum atomic E-state index is 12.0. The lowest BCUT2D eigenvalue weighted by Crippen LogP contribution is -2.42. The van der Waals surface area contributed by atoms with Crippen LogP contribution in [-0.4, -0.2) is 36.1 Å². The van der Waals surface area contributed by atoms with E-state index in [1.807, 2.05) is 4.90 Å². The fraction of sp³-hybridized carbons (Fsp3) is 0.929. The van der Waals surface area contributed by atoms with Gasteiger partial charge in [-0.15, -0.1) is 0 Å². The van der Waals surface area contributed by atoms with E-state index in [-0.39, 0.29) is 11.5 Å². The highest BCUT2D eigenvalue weighted by atomic mass is 16.5. The van der Waals surface area contributed by atoms with Crippen LogP contribution in [0.2, 0.25) is 0 Å². The van der Waals surface area contributed by atoms with Crippen molar-refractivity contribution in [3.63, 3.8) is 0 Å². The summed E-state index contributed by atoms with van der Waals surface area (Å²) in [7, 11) is 0. The van der Waals surface area contributed by atoms with Crippen molar-refractivity contribution in [2.45, 2.75) is 66.1 Å². The molecule has 0 unspecified atom stereocenters. The predicted octanol–water partition coefficient (Wildman–Crippen LogP) is 2.84. The van der Waals surface area contributed by atoms with Gasteiger partial charge in [-0.05, 0) is 32.1 Å². The molecule has 100 valence electrons. The average Bonchev–Trinajstić information content (AvgIpc) is 2.15. The standard InChI is InChI=1S/C14H27NO2/c1-11(2)17-12-6-8-15(9-7-12)13(16)10-14(3,4)5/h11-12H,6-10H2,1-5H3. The van der Waals surface area contributed by atoms with Crippen molar-refractivity contribution < 1.29 is 9.53 Å². The summed E-state index contributed by atoms with van der Waals surface area (Å²) in [5.41, 5.74) is 0.0857. The lowest BCUT2D eigenvalue weighted by Gasteiger charge is -2.34. The van der Waals surface area contributed by atoms with E-state index in [1.165, 1.54) is 0 Å². The van der Waals surface area contributed by atoms with Gasteiger partial charge in [0.2, 0.25) is 5.91 Å². The number of nitrogens with zero attached hydrogens (tertiary/aromatic N) is 1. The third kappa shape index (κ3) is 5.53. The number of hydrogen-bond acceptors (Lipinski definition) is 2. The number of piperidine rings is 1. The quantitative estimate of drug-likeness (QED) is 0.760. The molecule has 1 fully saturated rings. The molecule has 1 aliphatic rings. The molecule has 0 aromatic carbocycles. The number of hydrogen-bond donors (Lipinski definition) is 0.